The summed E-state index contributed by atoms with van der Waals surface area (Å²) in [6.07, 6.45) is 29.0. The Balaban J connectivity index is 0. The Bertz CT molecular complexity index is 171. The summed E-state index contributed by atoms with van der Waals surface area (Å²) in [4.78, 5) is 0. The van der Waals surface area contributed by atoms with Gasteiger partial charge in [0.1, 0.15) is 0 Å². The zero-order chi connectivity index (χ0) is 18.8. The molecular weight excluding hydrogens is 415 g/mol. The number of hydrogen-bond donors (Lipinski definition) is 0. The van der Waals surface area contributed by atoms with Gasteiger partial charge in [0.25, 0.3) is 0 Å². The molecule has 0 saturated carbocycles. The molecule has 0 N–H and O–H groups in total. The molecule has 25 heavy (non-hydrogen) atoms. The van der Waals surface area contributed by atoms with Gasteiger partial charge in [-0.25, -0.2) is 0 Å². The molecule has 0 aliphatic carbocycles. The summed E-state index contributed by atoms with van der Waals surface area (Å²) in [7, 11) is 0. The van der Waals surface area contributed by atoms with Crippen LogP contribution in [0.2, 0.25) is 0 Å². The lowest BCUT2D eigenvalue weighted by molar-refractivity contribution is 0.549. The van der Waals surface area contributed by atoms with Crippen molar-refractivity contribution < 1.29 is 0 Å². The molecule has 0 aliphatic rings. The minimum absolute atomic E-state index is 1.34. The van der Waals surface area contributed by atoms with E-state index in [0.29, 0.717) is 0 Å². The van der Waals surface area contributed by atoms with Crippen LogP contribution in [-0.4, -0.2) is 4.43 Å². The molecule has 1 heteroatoms. The first-order chi connectivity index (χ1) is 12.3. The van der Waals surface area contributed by atoms with E-state index in [4.69, 9.17) is 0 Å². The monoisotopic (exact) mass is 466 g/mol. The molecule has 0 unspecified atom stereocenters. The van der Waals surface area contributed by atoms with Gasteiger partial charge in [0, 0.05) is 0 Å². The van der Waals surface area contributed by atoms with Crippen LogP contribution in [0.25, 0.3) is 0 Å². The Morgan fingerprint density at radius 3 is 0.720 bits per heavy atom. The molecule has 0 aromatic carbocycles. The second kappa shape index (κ2) is 29.5. The molecule has 154 valence electrons. The van der Waals surface area contributed by atoms with Crippen molar-refractivity contribution in [3.63, 3.8) is 0 Å². The van der Waals surface area contributed by atoms with Crippen molar-refractivity contribution in [3.05, 3.63) is 0 Å². The highest BCUT2D eigenvalue weighted by atomic mass is 127. The maximum atomic E-state index is 2.48. The smallest absolute Gasteiger partial charge is 0.000473 e. The summed E-state index contributed by atoms with van der Waals surface area (Å²) in [5, 5.41) is 0. The van der Waals surface area contributed by atoms with Crippen molar-refractivity contribution in [2.24, 2.45) is 0 Å². The van der Waals surface area contributed by atoms with E-state index in [-0.39, 0.29) is 0 Å². The van der Waals surface area contributed by atoms with Crippen molar-refractivity contribution in [1.29, 1.82) is 0 Å². The summed E-state index contributed by atoms with van der Waals surface area (Å²) in [5.74, 6) is 0. The van der Waals surface area contributed by atoms with Gasteiger partial charge in [0.05, 0.1) is 0 Å². The van der Waals surface area contributed by atoms with E-state index in [0.717, 1.165) is 0 Å². The Morgan fingerprint density at radius 1 is 0.320 bits per heavy atom. The van der Waals surface area contributed by atoms with Crippen LogP contribution < -0.4 is 0 Å². The van der Waals surface area contributed by atoms with E-state index in [1.165, 1.54) is 133 Å². The molecule has 0 heterocycles. The largest absolute Gasteiger partial charge is 0.0864 e. The average molecular weight is 467 g/mol. The highest BCUT2D eigenvalue weighted by Crippen LogP contribution is 2.12. The number of alkyl halides is 1. The van der Waals surface area contributed by atoms with E-state index in [1.807, 2.05) is 0 Å². The van der Waals surface area contributed by atoms with Crippen LogP contribution in [0.5, 0.6) is 0 Å². The topological polar surface area (TPSA) is 0 Å². The van der Waals surface area contributed by atoms with Crippen LogP contribution in [0.4, 0.5) is 0 Å². The highest BCUT2D eigenvalue weighted by molar-refractivity contribution is 14.1. The summed E-state index contributed by atoms with van der Waals surface area (Å²) in [6.45, 7) is 6.83. The number of hydrogen-bond acceptors (Lipinski definition) is 0. The Labute approximate surface area is 175 Å². The molecule has 0 nitrogen and oxygen atoms in total. The number of rotatable bonds is 19. The average Bonchev–Trinajstić information content (AvgIpc) is 2.63. The Kier molecular flexibility index (Phi) is 33.0. The van der Waals surface area contributed by atoms with Crippen LogP contribution in [-0.2, 0) is 0 Å². The fourth-order valence-electron chi connectivity index (χ4n) is 3.14. The SMILES string of the molecule is CCCCCCCCCC.CCCCCCCCCCCCCCI. The van der Waals surface area contributed by atoms with Crippen molar-refractivity contribution in [1.82, 2.24) is 0 Å². The maximum absolute atomic E-state index is 2.48. The number of unbranched alkanes of at least 4 members (excludes halogenated alkanes) is 18. The van der Waals surface area contributed by atoms with Gasteiger partial charge in [0.15, 0.2) is 0 Å². The molecule has 0 aromatic rings. The van der Waals surface area contributed by atoms with Crippen molar-refractivity contribution >= 4 is 22.6 Å². The summed E-state index contributed by atoms with van der Waals surface area (Å²) >= 11 is 2.48. The van der Waals surface area contributed by atoms with Gasteiger partial charge in [-0.05, 0) is 10.8 Å². The summed E-state index contributed by atoms with van der Waals surface area (Å²) in [5.41, 5.74) is 0. The lowest BCUT2D eigenvalue weighted by atomic mass is 10.1. The van der Waals surface area contributed by atoms with Gasteiger partial charge in [-0.2, -0.15) is 0 Å². The first-order valence-electron chi connectivity index (χ1n) is 11.9. The second-order valence-corrected chi connectivity index (χ2v) is 8.78. The van der Waals surface area contributed by atoms with E-state index >= 15 is 0 Å². The van der Waals surface area contributed by atoms with Gasteiger partial charge in [-0.1, -0.05) is 165 Å². The normalized spacial score (nSPS) is 10.6. The zero-order valence-electron chi connectivity index (χ0n) is 18.2. The van der Waals surface area contributed by atoms with Crippen LogP contribution in [0, 0.1) is 0 Å². The predicted molar refractivity (Wildman–Crippen MR) is 128 cm³/mol. The van der Waals surface area contributed by atoms with E-state index in [2.05, 4.69) is 43.4 Å². The molecule has 0 rings (SSSR count). The molecule has 0 radical (unpaired) electrons. The molecule has 0 saturated heterocycles. The second-order valence-electron chi connectivity index (χ2n) is 7.70. The van der Waals surface area contributed by atoms with Crippen molar-refractivity contribution in [2.45, 2.75) is 149 Å². The first-order valence-corrected chi connectivity index (χ1v) is 13.4. The molecule has 0 bridgehead atoms. The molecule has 0 aromatic heterocycles. The minimum atomic E-state index is 1.34. The van der Waals surface area contributed by atoms with E-state index in [1.54, 1.807) is 0 Å². The minimum Gasteiger partial charge on any atom is -0.0864 e. The van der Waals surface area contributed by atoms with Crippen LogP contribution in [0.3, 0.4) is 0 Å². The summed E-state index contributed by atoms with van der Waals surface area (Å²) < 4.78 is 1.34. The third kappa shape index (κ3) is 32.8. The predicted octanol–water partition coefficient (Wildman–Crippen LogP) is 10.3. The quantitative estimate of drug-likeness (QED) is 0.101. The lowest BCUT2D eigenvalue weighted by Crippen LogP contribution is -1.82. The fourth-order valence-corrected chi connectivity index (χ4v) is 3.68. The van der Waals surface area contributed by atoms with Gasteiger partial charge in [-0.3, -0.25) is 0 Å². The molecule has 0 fully saturated rings. The molecule has 0 atom stereocenters. The third-order valence-corrected chi connectivity index (χ3v) is 5.71. The van der Waals surface area contributed by atoms with E-state index < -0.39 is 0 Å². The van der Waals surface area contributed by atoms with Gasteiger partial charge < -0.3 is 0 Å². The first kappa shape index (κ1) is 27.9. The van der Waals surface area contributed by atoms with E-state index in [9.17, 15) is 0 Å². The van der Waals surface area contributed by atoms with Crippen molar-refractivity contribution in [2.75, 3.05) is 4.43 Å². The van der Waals surface area contributed by atoms with Crippen LogP contribution in [0.1, 0.15) is 149 Å². The van der Waals surface area contributed by atoms with Crippen LogP contribution in [0.15, 0.2) is 0 Å². The Hall–Kier alpha value is 0.730. The highest BCUT2D eigenvalue weighted by Gasteiger charge is 1.92. The molecule has 0 spiro atoms. The molecule has 0 aliphatic heterocycles. The van der Waals surface area contributed by atoms with Gasteiger partial charge in [-0.15, -0.1) is 0 Å². The fraction of sp³-hybridized carbons (Fsp3) is 1.00. The number of halogens is 1. The maximum Gasteiger partial charge on any atom is -0.000473 e. The standard InChI is InChI=1S/C14H29I.C10H22/c1-2-3-4-5-6-7-8-9-10-11-12-13-14-15;1-3-5-7-9-10-8-6-4-2/h2-14H2,1H3;3-10H2,1-2H3. The zero-order valence-corrected chi connectivity index (χ0v) is 20.4. The van der Waals surface area contributed by atoms with Crippen LogP contribution >= 0.6 is 22.6 Å². The van der Waals surface area contributed by atoms with Gasteiger partial charge >= 0.3 is 0 Å². The molecule has 0 amide bonds. The van der Waals surface area contributed by atoms with Gasteiger partial charge in [0.2, 0.25) is 0 Å². The molecular formula is C24H51I. The summed E-state index contributed by atoms with van der Waals surface area (Å²) in [6, 6.07) is 0. The third-order valence-electron chi connectivity index (χ3n) is 4.94. The van der Waals surface area contributed by atoms with Crippen molar-refractivity contribution in [3.8, 4) is 0 Å². The Morgan fingerprint density at radius 2 is 0.520 bits per heavy atom. The lowest BCUT2D eigenvalue weighted by Gasteiger charge is -2.01.